The third-order valence-electron chi connectivity index (χ3n) is 4.83. The van der Waals surface area contributed by atoms with E-state index in [2.05, 4.69) is 37.4 Å². The lowest BCUT2D eigenvalue weighted by Crippen LogP contribution is -2.22. The Bertz CT molecular complexity index is 424. The molecular weight excluding hydrogens is 218 g/mol. The van der Waals surface area contributed by atoms with Crippen molar-refractivity contribution in [2.24, 2.45) is 11.8 Å². The Labute approximate surface area is 111 Å². The number of hydrogen-bond acceptors (Lipinski definition) is 1. The van der Waals surface area contributed by atoms with Crippen molar-refractivity contribution in [3.63, 3.8) is 0 Å². The van der Waals surface area contributed by atoms with E-state index in [1.54, 1.807) is 11.1 Å². The molecule has 0 amide bonds. The molecule has 1 saturated carbocycles. The van der Waals surface area contributed by atoms with Gasteiger partial charge in [0.05, 0.1) is 0 Å². The first-order valence-electron chi connectivity index (χ1n) is 7.59. The van der Waals surface area contributed by atoms with Crippen molar-refractivity contribution >= 4 is 0 Å². The van der Waals surface area contributed by atoms with Gasteiger partial charge in [0.15, 0.2) is 0 Å². The average molecular weight is 243 g/mol. The van der Waals surface area contributed by atoms with Gasteiger partial charge in [0.25, 0.3) is 0 Å². The summed E-state index contributed by atoms with van der Waals surface area (Å²) in [6, 6.07) is 7.65. The van der Waals surface area contributed by atoms with Crippen molar-refractivity contribution in [1.82, 2.24) is 5.32 Å². The molecule has 0 saturated heterocycles. The van der Waals surface area contributed by atoms with E-state index < -0.39 is 0 Å². The SMILES string of the molecule is CC(NCC1CC1C)c1ccc2c(c1)CCCC2. The van der Waals surface area contributed by atoms with Crippen LogP contribution in [0.15, 0.2) is 18.2 Å². The summed E-state index contributed by atoms with van der Waals surface area (Å²) in [5, 5.41) is 3.70. The molecule has 0 heterocycles. The van der Waals surface area contributed by atoms with Crippen LogP contribution in [-0.4, -0.2) is 6.54 Å². The molecule has 98 valence electrons. The first-order chi connectivity index (χ1) is 8.74. The largest absolute Gasteiger partial charge is 0.310 e. The second-order valence-electron chi connectivity index (χ2n) is 6.34. The van der Waals surface area contributed by atoms with Gasteiger partial charge in [-0.05, 0) is 74.1 Å². The van der Waals surface area contributed by atoms with Crippen molar-refractivity contribution in [2.45, 2.75) is 52.0 Å². The van der Waals surface area contributed by atoms with Gasteiger partial charge < -0.3 is 5.32 Å². The van der Waals surface area contributed by atoms with Gasteiger partial charge in [0.1, 0.15) is 0 Å². The van der Waals surface area contributed by atoms with E-state index in [4.69, 9.17) is 0 Å². The summed E-state index contributed by atoms with van der Waals surface area (Å²) in [5.74, 6) is 1.89. The molecule has 1 aromatic carbocycles. The Balaban J connectivity index is 1.63. The summed E-state index contributed by atoms with van der Waals surface area (Å²) in [6.07, 6.45) is 6.74. The van der Waals surface area contributed by atoms with Crippen molar-refractivity contribution in [2.75, 3.05) is 6.54 Å². The van der Waals surface area contributed by atoms with E-state index >= 15 is 0 Å². The molecule has 3 atom stereocenters. The first-order valence-corrected chi connectivity index (χ1v) is 7.59. The van der Waals surface area contributed by atoms with E-state index in [9.17, 15) is 0 Å². The van der Waals surface area contributed by atoms with Crippen LogP contribution in [0.4, 0.5) is 0 Å². The average Bonchev–Trinajstić information content (AvgIpc) is 3.11. The van der Waals surface area contributed by atoms with Gasteiger partial charge >= 0.3 is 0 Å². The zero-order chi connectivity index (χ0) is 12.5. The van der Waals surface area contributed by atoms with Crippen molar-refractivity contribution in [3.8, 4) is 0 Å². The van der Waals surface area contributed by atoms with Crippen LogP contribution < -0.4 is 5.32 Å². The Kier molecular flexibility index (Phi) is 3.43. The third-order valence-corrected chi connectivity index (χ3v) is 4.83. The van der Waals surface area contributed by atoms with Crippen molar-refractivity contribution in [3.05, 3.63) is 34.9 Å². The summed E-state index contributed by atoms with van der Waals surface area (Å²) in [4.78, 5) is 0. The van der Waals surface area contributed by atoms with Crippen LogP contribution in [0.2, 0.25) is 0 Å². The van der Waals surface area contributed by atoms with Gasteiger partial charge in [-0.2, -0.15) is 0 Å². The van der Waals surface area contributed by atoms with E-state index in [-0.39, 0.29) is 0 Å². The second-order valence-corrected chi connectivity index (χ2v) is 6.34. The maximum absolute atomic E-state index is 3.70. The fourth-order valence-corrected chi connectivity index (χ4v) is 3.15. The van der Waals surface area contributed by atoms with Crippen LogP contribution in [0, 0.1) is 11.8 Å². The van der Waals surface area contributed by atoms with Gasteiger partial charge in [0.2, 0.25) is 0 Å². The summed E-state index contributed by atoms with van der Waals surface area (Å²) < 4.78 is 0. The quantitative estimate of drug-likeness (QED) is 0.846. The smallest absolute Gasteiger partial charge is 0.0292 e. The fraction of sp³-hybridized carbons (Fsp3) is 0.647. The van der Waals surface area contributed by atoms with Gasteiger partial charge in [-0.15, -0.1) is 0 Å². The molecule has 1 nitrogen and oxygen atoms in total. The highest BCUT2D eigenvalue weighted by Crippen LogP contribution is 2.37. The molecule has 2 aliphatic carbocycles. The maximum Gasteiger partial charge on any atom is 0.0292 e. The molecule has 0 bridgehead atoms. The van der Waals surface area contributed by atoms with Crippen molar-refractivity contribution < 1.29 is 0 Å². The minimum atomic E-state index is 0.505. The molecular formula is C17H25N. The van der Waals surface area contributed by atoms with Crippen LogP contribution in [0.25, 0.3) is 0 Å². The Hall–Kier alpha value is -0.820. The number of aryl methyl sites for hydroxylation is 2. The molecule has 1 aromatic rings. The summed E-state index contributed by atoms with van der Waals surface area (Å²) >= 11 is 0. The van der Waals surface area contributed by atoms with Crippen molar-refractivity contribution in [1.29, 1.82) is 0 Å². The molecule has 2 aliphatic rings. The number of fused-ring (bicyclic) bond motifs is 1. The molecule has 0 spiro atoms. The van der Waals surface area contributed by atoms with Gasteiger partial charge in [-0.1, -0.05) is 25.1 Å². The molecule has 1 N–H and O–H groups in total. The molecule has 3 unspecified atom stereocenters. The van der Waals surface area contributed by atoms with Gasteiger partial charge in [-0.3, -0.25) is 0 Å². The number of rotatable bonds is 4. The fourth-order valence-electron chi connectivity index (χ4n) is 3.15. The molecule has 3 rings (SSSR count). The van der Waals surface area contributed by atoms with E-state index in [0.29, 0.717) is 6.04 Å². The zero-order valence-corrected chi connectivity index (χ0v) is 11.7. The van der Waals surface area contributed by atoms with E-state index in [0.717, 1.165) is 11.8 Å². The molecule has 1 fully saturated rings. The Morgan fingerprint density at radius 3 is 2.67 bits per heavy atom. The van der Waals surface area contributed by atoms with Crippen LogP contribution in [0.5, 0.6) is 0 Å². The summed E-state index contributed by atoms with van der Waals surface area (Å²) in [5.41, 5.74) is 4.67. The Morgan fingerprint density at radius 2 is 1.94 bits per heavy atom. The zero-order valence-electron chi connectivity index (χ0n) is 11.7. The summed E-state index contributed by atoms with van der Waals surface area (Å²) in [6.45, 7) is 5.85. The van der Waals surface area contributed by atoms with E-state index in [1.807, 2.05) is 0 Å². The van der Waals surface area contributed by atoms with Crippen LogP contribution >= 0.6 is 0 Å². The molecule has 0 aliphatic heterocycles. The summed E-state index contributed by atoms with van der Waals surface area (Å²) in [7, 11) is 0. The first kappa shape index (κ1) is 12.2. The lowest BCUT2D eigenvalue weighted by molar-refractivity contribution is 0.534. The molecule has 1 heteroatoms. The number of benzene rings is 1. The lowest BCUT2D eigenvalue weighted by Gasteiger charge is -2.20. The Morgan fingerprint density at radius 1 is 1.22 bits per heavy atom. The number of nitrogens with one attached hydrogen (secondary N) is 1. The van der Waals surface area contributed by atoms with Gasteiger partial charge in [-0.25, -0.2) is 0 Å². The lowest BCUT2D eigenvalue weighted by atomic mass is 9.89. The van der Waals surface area contributed by atoms with Crippen LogP contribution in [-0.2, 0) is 12.8 Å². The standard InChI is InChI=1S/C17H25N/c1-12-9-17(12)11-18-13(2)15-8-7-14-5-3-4-6-16(14)10-15/h7-8,10,12-13,17-18H,3-6,9,11H2,1-2H3. The predicted molar refractivity (Wildman–Crippen MR) is 76.8 cm³/mol. The third kappa shape index (κ3) is 2.61. The van der Waals surface area contributed by atoms with Crippen LogP contribution in [0.3, 0.4) is 0 Å². The second kappa shape index (κ2) is 5.05. The normalized spacial score (nSPS) is 27.7. The molecule has 0 radical (unpaired) electrons. The van der Waals surface area contributed by atoms with Gasteiger partial charge in [0, 0.05) is 6.04 Å². The minimum Gasteiger partial charge on any atom is -0.310 e. The highest BCUT2D eigenvalue weighted by atomic mass is 14.9. The molecule has 0 aromatic heterocycles. The number of hydrogen-bond donors (Lipinski definition) is 1. The van der Waals surface area contributed by atoms with Crippen LogP contribution in [0.1, 0.15) is 55.8 Å². The maximum atomic E-state index is 3.70. The monoisotopic (exact) mass is 243 g/mol. The highest BCUT2D eigenvalue weighted by molar-refractivity contribution is 5.35. The topological polar surface area (TPSA) is 12.0 Å². The highest BCUT2D eigenvalue weighted by Gasteiger charge is 2.32. The predicted octanol–water partition coefficient (Wildman–Crippen LogP) is 3.87. The minimum absolute atomic E-state index is 0.505. The molecule has 18 heavy (non-hydrogen) atoms. The van der Waals surface area contributed by atoms with E-state index in [1.165, 1.54) is 44.2 Å².